The first kappa shape index (κ1) is 29.8. The molecule has 8 nitrogen and oxygen atoms in total. The van der Waals surface area contributed by atoms with Gasteiger partial charge in [-0.25, -0.2) is 0 Å². The van der Waals surface area contributed by atoms with E-state index in [0.717, 1.165) is 38.5 Å². The van der Waals surface area contributed by atoms with Crippen LogP contribution in [0.25, 0.3) is 0 Å². The number of fused-ring (bicyclic) bond motifs is 1. The Bertz CT molecular complexity index is 924. The number of nitrogens with two attached hydrogens (primary N) is 1. The summed E-state index contributed by atoms with van der Waals surface area (Å²) in [7, 11) is 0. The molecule has 1 amide bonds. The lowest BCUT2D eigenvalue weighted by molar-refractivity contribution is -0.209. The van der Waals surface area contributed by atoms with Crippen molar-refractivity contribution in [3.63, 3.8) is 0 Å². The van der Waals surface area contributed by atoms with E-state index in [1.165, 1.54) is 5.57 Å². The number of primary amides is 1. The fourth-order valence-corrected chi connectivity index (χ4v) is 6.72. The molecule has 0 aromatic carbocycles. The van der Waals surface area contributed by atoms with Crippen LogP contribution < -0.4 is 5.73 Å². The van der Waals surface area contributed by atoms with Crippen LogP contribution in [0.1, 0.15) is 91.4 Å². The highest BCUT2D eigenvalue weighted by Crippen LogP contribution is 2.45. The Balaban J connectivity index is 1.38. The Labute approximate surface area is 233 Å². The van der Waals surface area contributed by atoms with Crippen LogP contribution in [-0.4, -0.2) is 49.1 Å². The standard InChI is InChI=1S/C31H47NO7/c1-19-15-22-11-10-20(2)25(30(22)26(16-19)39-31(35)21(3)7-6-8-27(32)33)13-12-23-17-24(18-28(34)37-23)38-29-9-4-5-14-36-29/h10-11,15,19-21,23-26,29-30H,4-9,12-14,16-18H2,1-3H3,(H2,32,33)/t19-,20-,21-,23-,24+,25-,26-,29?,30-/m0/s1. The Kier molecular flexibility index (Phi) is 10.6. The molecule has 2 N–H and O–H groups in total. The molecule has 2 aliphatic heterocycles. The Morgan fingerprint density at radius 1 is 1.18 bits per heavy atom. The van der Waals surface area contributed by atoms with Gasteiger partial charge in [-0.1, -0.05) is 39.0 Å². The first-order valence-electron chi connectivity index (χ1n) is 15.0. The number of allylic oxidation sites excluding steroid dienone is 3. The predicted octanol–water partition coefficient (Wildman–Crippen LogP) is 4.99. The molecule has 4 aliphatic rings. The molecule has 9 atom stereocenters. The van der Waals surface area contributed by atoms with E-state index >= 15 is 0 Å². The van der Waals surface area contributed by atoms with E-state index in [4.69, 9.17) is 24.7 Å². The van der Waals surface area contributed by atoms with Crippen LogP contribution in [-0.2, 0) is 33.3 Å². The predicted molar refractivity (Wildman–Crippen MR) is 146 cm³/mol. The molecule has 1 unspecified atom stereocenters. The average Bonchev–Trinajstić information content (AvgIpc) is 2.88. The molecular formula is C31H47NO7. The van der Waals surface area contributed by atoms with E-state index in [0.29, 0.717) is 37.7 Å². The highest BCUT2D eigenvalue weighted by atomic mass is 16.7. The van der Waals surface area contributed by atoms with Crippen LogP contribution in [0.4, 0.5) is 0 Å². The number of carbonyl (C=O) groups is 3. The second-order valence-electron chi connectivity index (χ2n) is 12.2. The van der Waals surface area contributed by atoms with Crippen molar-refractivity contribution in [2.45, 2.75) is 116 Å². The quantitative estimate of drug-likeness (QED) is 0.364. The number of carbonyl (C=O) groups excluding carboxylic acids is 3. The largest absolute Gasteiger partial charge is 0.462 e. The fraction of sp³-hybridized carbons (Fsp3) is 0.774. The molecule has 8 heteroatoms. The van der Waals surface area contributed by atoms with Crippen LogP contribution in [0.2, 0.25) is 0 Å². The monoisotopic (exact) mass is 545 g/mol. The molecule has 2 aliphatic carbocycles. The van der Waals surface area contributed by atoms with Crippen molar-refractivity contribution in [1.29, 1.82) is 0 Å². The maximum atomic E-state index is 13.0. The third kappa shape index (κ3) is 8.40. The highest BCUT2D eigenvalue weighted by Gasteiger charge is 2.42. The zero-order chi connectivity index (χ0) is 27.9. The van der Waals surface area contributed by atoms with Gasteiger partial charge in [-0.3, -0.25) is 14.4 Å². The number of hydrogen-bond acceptors (Lipinski definition) is 7. The van der Waals surface area contributed by atoms with Gasteiger partial charge in [0.25, 0.3) is 0 Å². The minimum Gasteiger partial charge on any atom is -0.462 e. The zero-order valence-corrected chi connectivity index (χ0v) is 23.8. The molecule has 0 radical (unpaired) electrons. The highest BCUT2D eigenvalue weighted by molar-refractivity contribution is 5.74. The van der Waals surface area contributed by atoms with Gasteiger partial charge in [0.2, 0.25) is 5.91 Å². The smallest absolute Gasteiger partial charge is 0.308 e. The van der Waals surface area contributed by atoms with Crippen LogP contribution in [0.15, 0.2) is 23.8 Å². The summed E-state index contributed by atoms with van der Waals surface area (Å²) < 4.78 is 23.8. The Morgan fingerprint density at radius 3 is 2.74 bits per heavy atom. The van der Waals surface area contributed by atoms with Crippen LogP contribution in [0.5, 0.6) is 0 Å². The molecule has 0 aromatic rings. The summed E-state index contributed by atoms with van der Waals surface area (Å²) in [5.74, 6) is -0.00747. The molecule has 39 heavy (non-hydrogen) atoms. The molecule has 0 saturated carbocycles. The molecule has 4 rings (SSSR count). The SMILES string of the molecule is C[C@H]1C=C2C=C[C@H](C)[C@H](CC[C@H]3C[C@@H](OC4CCCCO4)CC(=O)O3)[C@H]2[C@@H](OC(=O)[C@@H](C)CCCC(N)=O)C1. The lowest BCUT2D eigenvalue weighted by Crippen LogP contribution is -2.42. The Morgan fingerprint density at radius 2 is 2.00 bits per heavy atom. The van der Waals surface area contributed by atoms with Crippen molar-refractivity contribution < 1.29 is 33.3 Å². The van der Waals surface area contributed by atoms with Gasteiger partial charge in [-0.2, -0.15) is 0 Å². The van der Waals surface area contributed by atoms with Crippen LogP contribution in [0, 0.1) is 29.6 Å². The normalized spacial score (nSPS) is 35.4. The van der Waals surface area contributed by atoms with Crippen molar-refractivity contribution in [3.8, 4) is 0 Å². The average molecular weight is 546 g/mol. The van der Waals surface area contributed by atoms with Gasteiger partial charge in [-0.05, 0) is 74.7 Å². The molecule has 0 aromatic heterocycles. The molecule has 0 spiro atoms. The topological polar surface area (TPSA) is 114 Å². The van der Waals surface area contributed by atoms with Gasteiger partial charge in [-0.15, -0.1) is 0 Å². The van der Waals surface area contributed by atoms with Crippen molar-refractivity contribution in [2.75, 3.05) is 6.61 Å². The number of amides is 1. The third-order valence-corrected chi connectivity index (χ3v) is 8.85. The summed E-state index contributed by atoms with van der Waals surface area (Å²) in [5, 5.41) is 0. The van der Waals surface area contributed by atoms with Crippen molar-refractivity contribution >= 4 is 17.8 Å². The van der Waals surface area contributed by atoms with Gasteiger partial charge in [0.05, 0.1) is 18.4 Å². The first-order valence-corrected chi connectivity index (χ1v) is 15.0. The van der Waals surface area contributed by atoms with Gasteiger partial charge in [0, 0.05) is 25.4 Å². The van der Waals surface area contributed by atoms with E-state index in [-0.39, 0.29) is 73.0 Å². The molecule has 0 bridgehead atoms. The molecular weight excluding hydrogens is 498 g/mol. The fourth-order valence-electron chi connectivity index (χ4n) is 6.72. The summed E-state index contributed by atoms with van der Waals surface area (Å²) >= 11 is 0. The Hall–Kier alpha value is -2.19. The van der Waals surface area contributed by atoms with E-state index < -0.39 is 0 Å². The summed E-state index contributed by atoms with van der Waals surface area (Å²) in [6, 6.07) is 0. The number of ether oxygens (including phenoxy) is 4. The minimum atomic E-state index is -0.346. The number of esters is 2. The van der Waals surface area contributed by atoms with Crippen LogP contribution >= 0.6 is 0 Å². The number of rotatable bonds is 11. The summed E-state index contributed by atoms with van der Waals surface area (Å²) in [4.78, 5) is 36.5. The second kappa shape index (κ2) is 13.9. The van der Waals surface area contributed by atoms with Crippen molar-refractivity contribution in [3.05, 3.63) is 23.8 Å². The lowest BCUT2D eigenvalue weighted by Gasteiger charge is -2.43. The van der Waals surface area contributed by atoms with E-state index in [9.17, 15) is 14.4 Å². The van der Waals surface area contributed by atoms with Crippen molar-refractivity contribution in [2.24, 2.45) is 35.3 Å². The van der Waals surface area contributed by atoms with Gasteiger partial charge in [0.1, 0.15) is 12.2 Å². The lowest BCUT2D eigenvalue weighted by atomic mass is 9.65. The van der Waals surface area contributed by atoms with Gasteiger partial charge >= 0.3 is 11.9 Å². The zero-order valence-electron chi connectivity index (χ0n) is 23.8. The number of hydrogen-bond donors (Lipinski definition) is 1. The summed E-state index contributed by atoms with van der Waals surface area (Å²) in [5.41, 5.74) is 6.50. The van der Waals surface area contributed by atoms with Crippen LogP contribution in [0.3, 0.4) is 0 Å². The van der Waals surface area contributed by atoms with Crippen molar-refractivity contribution in [1.82, 2.24) is 0 Å². The van der Waals surface area contributed by atoms with Gasteiger partial charge in [0.15, 0.2) is 6.29 Å². The third-order valence-electron chi connectivity index (χ3n) is 8.85. The maximum Gasteiger partial charge on any atom is 0.308 e. The summed E-state index contributed by atoms with van der Waals surface area (Å²) in [6.45, 7) is 6.97. The summed E-state index contributed by atoms with van der Waals surface area (Å²) in [6.07, 6.45) is 13.9. The molecule has 2 saturated heterocycles. The second-order valence-corrected chi connectivity index (χ2v) is 12.2. The molecule has 2 heterocycles. The molecule has 2 fully saturated rings. The number of cyclic esters (lactones) is 1. The maximum absolute atomic E-state index is 13.0. The first-order chi connectivity index (χ1) is 18.7. The van der Waals surface area contributed by atoms with E-state index in [2.05, 4.69) is 32.1 Å². The van der Waals surface area contributed by atoms with E-state index in [1.807, 2.05) is 6.92 Å². The molecule has 218 valence electrons. The van der Waals surface area contributed by atoms with E-state index in [1.54, 1.807) is 0 Å². The minimum absolute atomic E-state index is 0.116. The van der Waals surface area contributed by atoms with Gasteiger partial charge < -0.3 is 24.7 Å².